The van der Waals surface area contributed by atoms with Gasteiger partial charge in [-0.15, -0.1) is 0 Å². The van der Waals surface area contributed by atoms with Gasteiger partial charge in [0.15, 0.2) is 0 Å². The number of benzene rings is 3. The molecule has 40 heavy (non-hydrogen) atoms. The summed E-state index contributed by atoms with van der Waals surface area (Å²) in [5.74, 6) is -2.06. The Balaban J connectivity index is 1.73. The van der Waals surface area contributed by atoms with E-state index in [0.29, 0.717) is 17.1 Å². The lowest BCUT2D eigenvalue weighted by molar-refractivity contribution is -0.133. The van der Waals surface area contributed by atoms with Crippen molar-refractivity contribution in [1.82, 2.24) is 10.5 Å². The topological polar surface area (TPSA) is 131 Å². The van der Waals surface area contributed by atoms with Gasteiger partial charge in [0.2, 0.25) is 17.6 Å². The van der Waals surface area contributed by atoms with E-state index in [-0.39, 0.29) is 24.8 Å². The first-order valence-corrected chi connectivity index (χ1v) is 13.4. The van der Waals surface area contributed by atoms with Gasteiger partial charge in [0.05, 0.1) is 37.1 Å². The van der Waals surface area contributed by atoms with Crippen molar-refractivity contribution in [3.05, 3.63) is 82.7 Å². The third kappa shape index (κ3) is 4.61. The normalized spacial score (nSPS) is 16.8. The monoisotopic (exact) mass is 605 g/mol. The maximum Gasteiger partial charge on any atom is 0.296 e. The van der Waals surface area contributed by atoms with E-state index in [1.165, 1.54) is 17.2 Å². The molecule has 0 fully saturated rings. The lowest BCUT2D eigenvalue weighted by atomic mass is 9.83. The van der Waals surface area contributed by atoms with E-state index in [4.69, 9.17) is 15.0 Å². The molecule has 4 aromatic rings. The smallest absolute Gasteiger partial charge is 0.296 e. The largest absolute Gasteiger partial charge is 0.496 e. The summed E-state index contributed by atoms with van der Waals surface area (Å²) in [6.07, 6.45) is 1.37. The molecule has 3 N–H and O–H groups in total. The van der Waals surface area contributed by atoms with Crippen molar-refractivity contribution in [3.8, 4) is 5.75 Å². The molecule has 1 aliphatic rings. The third-order valence-corrected chi connectivity index (χ3v) is 8.09. The Hall–Kier alpha value is -4.22. The van der Waals surface area contributed by atoms with Gasteiger partial charge in [0, 0.05) is 22.6 Å². The minimum absolute atomic E-state index is 0.000914. The molecule has 0 radical (unpaired) electrons. The van der Waals surface area contributed by atoms with Crippen LogP contribution >= 0.6 is 15.9 Å². The van der Waals surface area contributed by atoms with Crippen LogP contribution in [-0.4, -0.2) is 49.1 Å². The standard InChI is InChI=1S/C29H28BrN5O5/c1-29(32-2,28(31)38)21-16-35(27(37)25-12-13-33-40-25)23-7-5-4-6-22(23)34(26(21)36)15-20-19-10-9-18(30)14-17(19)8-11-24(20)39-3/h4-14,21,32H,15-16H2,1-3H3,(H2,31,38)/t21-,29?/m1/s1. The number of nitrogens with one attached hydrogen (secondary N) is 1. The molecule has 5 rings (SSSR count). The molecule has 0 saturated carbocycles. The Morgan fingerprint density at radius 1 is 1.18 bits per heavy atom. The maximum absolute atomic E-state index is 14.5. The molecule has 10 nitrogen and oxygen atoms in total. The molecule has 206 valence electrons. The highest BCUT2D eigenvalue weighted by molar-refractivity contribution is 9.10. The van der Waals surface area contributed by atoms with Crippen LogP contribution < -0.4 is 25.6 Å². The lowest BCUT2D eigenvalue weighted by Crippen LogP contribution is -2.63. The van der Waals surface area contributed by atoms with Gasteiger partial charge in [0.25, 0.3) is 5.91 Å². The molecule has 0 saturated heterocycles. The van der Waals surface area contributed by atoms with Crippen LogP contribution in [0.3, 0.4) is 0 Å². The Labute approximate surface area is 239 Å². The second-order valence-electron chi connectivity index (χ2n) is 9.69. The van der Waals surface area contributed by atoms with Crippen LogP contribution in [0.2, 0.25) is 0 Å². The fraction of sp³-hybridized carbons (Fsp3) is 0.241. The number of nitrogens with zero attached hydrogens (tertiary/aromatic N) is 3. The molecule has 0 aliphatic carbocycles. The van der Waals surface area contributed by atoms with E-state index in [9.17, 15) is 14.4 Å². The van der Waals surface area contributed by atoms with E-state index < -0.39 is 23.3 Å². The minimum Gasteiger partial charge on any atom is -0.496 e. The van der Waals surface area contributed by atoms with Crippen molar-refractivity contribution in [3.63, 3.8) is 0 Å². The predicted octanol–water partition coefficient (Wildman–Crippen LogP) is 3.87. The van der Waals surface area contributed by atoms with Crippen molar-refractivity contribution in [2.45, 2.75) is 19.0 Å². The third-order valence-electron chi connectivity index (χ3n) is 7.60. The van der Waals surface area contributed by atoms with E-state index in [0.717, 1.165) is 20.8 Å². The zero-order valence-electron chi connectivity index (χ0n) is 22.2. The minimum atomic E-state index is -1.48. The van der Waals surface area contributed by atoms with Gasteiger partial charge in [0.1, 0.15) is 11.3 Å². The van der Waals surface area contributed by atoms with Crippen molar-refractivity contribution in [2.75, 3.05) is 30.5 Å². The molecule has 2 heterocycles. The van der Waals surface area contributed by atoms with Crippen LogP contribution in [0, 0.1) is 5.92 Å². The summed E-state index contributed by atoms with van der Waals surface area (Å²) in [7, 11) is 3.14. The fourth-order valence-electron chi connectivity index (χ4n) is 5.16. The number of ether oxygens (including phenoxy) is 1. The van der Waals surface area contributed by atoms with E-state index in [1.807, 2.05) is 30.3 Å². The van der Waals surface area contributed by atoms with Crippen LogP contribution in [0.5, 0.6) is 5.75 Å². The van der Waals surface area contributed by atoms with Gasteiger partial charge >= 0.3 is 0 Å². The SMILES string of the molecule is CNC(C)(C(N)=O)[C@@H]1CN(C(=O)c2ccno2)c2ccccc2N(Cc2c(OC)ccc3cc(Br)ccc23)C1=O. The van der Waals surface area contributed by atoms with Crippen LogP contribution in [0.15, 0.2) is 75.9 Å². The highest BCUT2D eigenvalue weighted by Crippen LogP contribution is 2.40. The van der Waals surface area contributed by atoms with Gasteiger partial charge in [-0.25, -0.2) is 0 Å². The second kappa shape index (κ2) is 10.7. The van der Waals surface area contributed by atoms with Gasteiger partial charge in [-0.1, -0.05) is 45.4 Å². The maximum atomic E-state index is 14.5. The number of anilines is 2. The molecule has 0 bridgehead atoms. The van der Waals surface area contributed by atoms with Gasteiger partial charge in [-0.3, -0.25) is 14.4 Å². The van der Waals surface area contributed by atoms with Gasteiger partial charge < -0.3 is 30.1 Å². The molecule has 3 aromatic carbocycles. The summed E-state index contributed by atoms with van der Waals surface area (Å²) < 4.78 is 11.8. The van der Waals surface area contributed by atoms with Gasteiger partial charge in [-0.2, -0.15) is 0 Å². The zero-order valence-corrected chi connectivity index (χ0v) is 23.8. The zero-order chi connectivity index (χ0) is 28.6. The van der Waals surface area contributed by atoms with Crippen LogP contribution in [-0.2, 0) is 16.1 Å². The summed E-state index contributed by atoms with van der Waals surface area (Å²) in [6.45, 7) is 1.54. The summed E-state index contributed by atoms with van der Waals surface area (Å²) in [6, 6.07) is 18.2. The number of para-hydroxylation sites is 2. The molecule has 1 aliphatic heterocycles. The summed E-state index contributed by atoms with van der Waals surface area (Å²) in [4.78, 5) is 44.0. The molecule has 0 spiro atoms. The number of rotatable bonds is 7. The first-order chi connectivity index (χ1) is 19.2. The molecular formula is C29H28BrN5O5. The average molecular weight is 606 g/mol. The number of likely N-dealkylation sites (N-methyl/N-ethyl adjacent to an activating group) is 1. The van der Waals surface area contributed by atoms with Gasteiger partial charge in [-0.05, 0) is 55.1 Å². The Morgan fingerprint density at radius 3 is 2.58 bits per heavy atom. The average Bonchev–Trinajstić information content (AvgIpc) is 3.47. The lowest BCUT2D eigenvalue weighted by Gasteiger charge is -2.36. The summed E-state index contributed by atoms with van der Waals surface area (Å²) in [5, 5.41) is 8.46. The first kappa shape index (κ1) is 27.4. The van der Waals surface area contributed by atoms with Crippen molar-refractivity contribution < 1.29 is 23.6 Å². The molecular weight excluding hydrogens is 578 g/mol. The Bertz CT molecular complexity index is 1610. The van der Waals surface area contributed by atoms with E-state index in [2.05, 4.69) is 26.4 Å². The van der Waals surface area contributed by atoms with Crippen LogP contribution in [0.1, 0.15) is 23.0 Å². The number of hydrogen-bond donors (Lipinski definition) is 2. The van der Waals surface area contributed by atoms with Crippen molar-refractivity contribution in [1.29, 1.82) is 0 Å². The van der Waals surface area contributed by atoms with Crippen molar-refractivity contribution >= 4 is 55.8 Å². The fourth-order valence-corrected chi connectivity index (χ4v) is 5.54. The highest BCUT2D eigenvalue weighted by atomic mass is 79.9. The first-order valence-electron chi connectivity index (χ1n) is 12.6. The molecule has 2 atom stereocenters. The summed E-state index contributed by atoms with van der Waals surface area (Å²) in [5.41, 5.74) is 6.11. The van der Waals surface area contributed by atoms with Crippen LogP contribution in [0.4, 0.5) is 11.4 Å². The predicted molar refractivity (Wildman–Crippen MR) is 154 cm³/mol. The number of aromatic nitrogens is 1. The molecule has 3 amide bonds. The number of carbonyl (C=O) groups excluding carboxylic acids is 3. The molecule has 1 unspecified atom stereocenters. The Kier molecular flexibility index (Phi) is 7.35. The summed E-state index contributed by atoms with van der Waals surface area (Å²) >= 11 is 3.52. The number of methoxy groups -OCH3 is 1. The number of carbonyl (C=O) groups is 3. The number of nitrogens with two attached hydrogens (primary N) is 1. The number of amides is 3. The van der Waals surface area contributed by atoms with E-state index in [1.54, 1.807) is 50.2 Å². The molecule has 1 aromatic heterocycles. The number of halogens is 1. The quantitative estimate of drug-likeness (QED) is 0.327. The van der Waals surface area contributed by atoms with E-state index >= 15 is 0 Å². The Morgan fingerprint density at radius 2 is 1.93 bits per heavy atom. The highest BCUT2D eigenvalue weighted by Gasteiger charge is 2.49. The number of primary amides is 1. The van der Waals surface area contributed by atoms with Crippen LogP contribution in [0.25, 0.3) is 10.8 Å². The molecule has 11 heteroatoms. The number of fused-ring (bicyclic) bond motifs is 2. The second-order valence-corrected chi connectivity index (χ2v) is 10.6. The van der Waals surface area contributed by atoms with Crippen molar-refractivity contribution in [2.24, 2.45) is 11.7 Å². The number of hydrogen-bond acceptors (Lipinski definition) is 7.